The number of nitrogens with zero attached hydrogens (tertiary/aromatic N) is 1. The summed E-state index contributed by atoms with van der Waals surface area (Å²) in [6.45, 7) is 15.2. The molecule has 0 saturated heterocycles. The van der Waals surface area contributed by atoms with Crippen molar-refractivity contribution in [2.45, 2.75) is 80.1 Å². The molecule has 0 spiro atoms. The summed E-state index contributed by atoms with van der Waals surface area (Å²) in [7, 11) is 0. The van der Waals surface area contributed by atoms with Gasteiger partial charge in [0.05, 0.1) is 6.61 Å². The van der Waals surface area contributed by atoms with E-state index in [0.29, 0.717) is 32.1 Å². The number of rotatable bonds is 10. The molecule has 33 heavy (non-hydrogen) atoms. The minimum absolute atomic E-state index is 0.0977. The number of carbonyl (C=O) groups is 1. The third-order valence-corrected chi connectivity index (χ3v) is 5.13. The Balaban J connectivity index is 2.56. The molecule has 1 heterocycles. The number of hydrogen-bond donors (Lipinski definition) is 2. The monoisotopic (exact) mass is 456 g/mol. The molecule has 182 valence electrons. The summed E-state index contributed by atoms with van der Waals surface area (Å²) in [6, 6.07) is 8.40. The van der Waals surface area contributed by atoms with Gasteiger partial charge in [-0.1, -0.05) is 43.7 Å². The number of benzene rings is 1. The number of aliphatic hydroxyl groups is 1. The Morgan fingerprint density at radius 2 is 1.79 bits per heavy atom. The minimum atomic E-state index is -0.568. The topological polar surface area (TPSA) is 80.7 Å². The molecule has 2 aromatic rings. The fraction of sp³-hybridized carbons (Fsp3) is 0.556. The van der Waals surface area contributed by atoms with Crippen LogP contribution in [0.2, 0.25) is 0 Å². The number of ether oxygens (including phenoxy) is 2. The first-order valence-corrected chi connectivity index (χ1v) is 11.8. The second-order valence-corrected chi connectivity index (χ2v) is 9.93. The minimum Gasteiger partial charge on any atom is -0.444 e. The number of alkyl carbamates (subject to hydrolysis) is 1. The van der Waals surface area contributed by atoms with Crippen LogP contribution in [0.15, 0.2) is 24.3 Å². The number of amides is 1. The van der Waals surface area contributed by atoms with E-state index in [1.807, 2.05) is 27.7 Å². The summed E-state index contributed by atoms with van der Waals surface area (Å²) < 4.78 is 11.4. The standard InChI is InChI=1S/C27H40N2O4/c1-18(2)15-24-22(16-28-26(31)33-27(5,6)7)25(21-11-9-19(3)10-12-21)23(20(4)29-24)17-32-14-8-13-30/h9-12,18,30H,8,13-17H2,1-7H3,(H,28,31). The second kappa shape index (κ2) is 12.1. The van der Waals surface area contributed by atoms with E-state index in [9.17, 15) is 4.79 Å². The van der Waals surface area contributed by atoms with Gasteiger partial charge < -0.3 is 19.9 Å². The van der Waals surface area contributed by atoms with Crippen molar-refractivity contribution >= 4 is 6.09 Å². The molecule has 6 heteroatoms. The molecule has 1 aromatic heterocycles. The van der Waals surface area contributed by atoms with E-state index < -0.39 is 11.7 Å². The maximum Gasteiger partial charge on any atom is 0.407 e. The first-order valence-electron chi connectivity index (χ1n) is 11.8. The summed E-state index contributed by atoms with van der Waals surface area (Å²) in [4.78, 5) is 17.4. The fourth-order valence-corrected chi connectivity index (χ4v) is 3.65. The van der Waals surface area contributed by atoms with Gasteiger partial charge in [-0.3, -0.25) is 4.98 Å². The van der Waals surface area contributed by atoms with Crippen LogP contribution >= 0.6 is 0 Å². The molecule has 6 nitrogen and oxygen atoms in total. The second-order valence-electron chi connectivity index (χ2n) is 9.93. The van der Waals surface area contributed by atoms with Crippen LogP contribution in [0.25, 0.3) is 11.1 Å². The molecule has 0 radical (unpaired) electrons. The molecule has 0 saturated carbocycles. The molecule has 0 aliphatic carbocycles. The quantitative estimate of drug-likeness (QED) is 0.462. The molecule has 0 atom stereocenters. The van der Waals surface area contributed by atoms with Crippen LogP contribution in [-0.4, -0.2) is 35.0 Å². The highest BCUT2D eigenvalue weighted by Gasteiger charge is 2.22. The number of aliphatic hydroxyl groups excluding tert-OH is 1. The molecule has 2 N–H and O–H groups in total. The van der Waals surface area contributed by atoms with Crippen molar-refractivity contribution in [3.05, 3.63) is 52.3 Å². The van der Waals surface area contributed by atoms with Crippen molar-refractivity contribution in [2.24, 2.45) is 5.92 Å². The molecular formula is C27H40N2O4. The summed E-state index contributed by atoms with van der Waals surface area (Å²) in [5.41, 5.74) is 6.63. The van der Waals surface area contributed by atoms with Crippen molar-refractivity contribution < 1.29 is 19.4 Å². The van der Waals surface area contributed by atoms with Crippen LogP contribution < -0.4 is 5.32 Å². The first kappa shape index (κ1) is 26.8. The normalized spacial score (nSPS) is 11.7. The molecule has 2 rings (SSSR count). The lowest BCUT2D eigenvalue weighted by Gasteiger charge is -2.23. The van der Waals surface area contributed by atoms with Gasteiger partial charge in [0, 0.05) is 42.3 Å². The van der Waals surface area contributed by atoms with E-state index in [-0.39, 0.29) is 6.61 Å². The number of pyridine rings is 1. The average molecular weight is 457 g/mol. The van der Waals surface area contributed by atoms with E-state index in [1.54, 1.807) is 0 Å². The SMILES string of the molecule is Cc1ccc(-c2c(COCCCO)c(C)nc(CC(C)C)c2CNC(=O)OC(C)(C)C)cc1. The lowest BCUT2D eigenvalue weighted by Crippen LogP contribution is -2.32. The van der Waals surface area contributed by atoms with E-state index in [2.05, 4.69) is 50.4 Å². The van der Waals surface area contributed by atoms with Gasteiger partial charge in [0.25, 0.3) is 0 Å². The number of aryl methyl sites for hydroxylation is 2. The third kappa shape index (κ3) is 8.45. The summed E-state index contributed by atoms with van der Waals surface area (Å²) in [6.07, 6.45) is 0.941. The van der Waals surface area contributed by atoms with Gasteiger partial charge in [-0.25, -0.2) is 4.79 Å². The average Bonchev–Trinajstić information content (AvgIpc) is 2.70. The zero-order valence-corrected chi connectivity index (χ0v) is 21.2. The van der Waals surface area contributed by atoms with Crippen LogP contribution in [0.1, 0.15) is 69.1 Å². The molecule has 0 fully saturated rings. The summed E-state index contributed by atoms with van der Waals surface area (Å²) in [5.74, 6) is 0.412. The summed E-state index contributed by atoms with van der Waals surface area (Å²) in [5, 5.41) is 12.0. The maximum absolute atomic E-state index is 12.5. The number of carbonyl (C=O) groups excluding carboxylic acids is 1. The molecule has 0 aliphatic rings. The predicted molar refractivity (Wildman–Crippen MR) is 132 cm³/mol. The highest BCUT2D eigenvalue weighted by atomic mass is 16.6. The molecule has 0 unspecified atom stereocenters. The highest BCUT2D eigenvalue weighted by Crippen LogP contribution is 2.33. The molecule has 1 aromatic carbocycles. The Hall–Kier alpha value is -2.44. The molecule has 0 aliphatic heterocycles. The smallest absolute Gasteiger partial charge is 0.407 e. The number of nitrogens with one attached hydrogen (secondary N) is 1. The number of hydrogen-bond acceptors (Lipinski definition) is 5. The fourth-order valence-electron chi connectivity index (χ4n) is 3.65. The van der Waals surface area contributed by atoms with E-state index in [0.717, 1.165) is 40.1 Å². The van der Waals surface area contributed by atoms with Crippen molar-refractivity contribution in [3.63, 3.8) is 0 Å². The van der Waals surface area contributed by atoms with Gasteiger partial charge >= 0.3 is 6.09 Å². The lowest BCUT2D eigenvalue weighted by molar-refractivity contribution is 0.0523. The zero-order chi connectivity index (χ0) is 24.6. The van der Waals surface area contributed by atoms with Gasteiger partial charge in [0.1, 0.15) is 5.60 Å². The Morgan fingerprint density at radius 3 is 2.36 bits per heavy atom. The van der Waals surface area contributed by atoms with E-state index in [1.165, 1.54) is 5.56 Å². The van der Waals surface area contributed by atoms with Crippen molar-refractivity contribution in [1.29, 1.82) is 0 Å². The Morgan fingerprint density at radius 1 is 1.12 bits per heavy atom. The third-order valence-electron chi connectivity index (χ3n) is 5.13. The molecule has 0 bridgehead atoms. The van der Waals surface area contributed by atoms with Crippen LogP contribution in [0, 0.1) is 19.8 Å². The van der Waals surface area contributed by atoms with Gasteiger partial charge in [0.2, 0.25) is 0 Å². The molecule has 1 amide bonds. The van der Waals surface area contributed by atoms with Crippen LogP contribution in [0.4, 0.5) is 4.79 Å². The number of aromatic nitrogens is 1. The highest BCUT2D eigenvalue weighted by molar-refractivity contribution is 5.74. The Kier molecular flexibility index (Phi) is 9.87. The zero-order valence-electron chi connectivity index (χ0n) is 21.2. The van der Waals surface area contributed by atoms with Gasteiger partial charge in [-0.2, -0.15) is 0 Å². The van der Waals surface area contributed by atoms with Crippen molar-refractivity contribution in [1.82, 2.24) is 10.3 Å². The maximum atomic E-state index is 12.5. The predicted octanol–water partition coefficient (Wildman–Crippen LogP) is 5.49. The van der Waals surface area contributed by atoms with Crippen molar-refractivity contribution in [3.8, 4) is 11.1 Å². The van der Waals surface area contributed by atoms with Crippen LogP contribution in [-0.2, 0) is 29.0 Å². The van der Waals surface area contributed by atoms with Crippen LogP contribution in [0.3, 0.4) is 0 Å². The molecular weight excluding hydrogens is 416 g/mol. The summed E-state index contributed by atoms with van der Waals surface area (Å²) >= 11 is 0. The van der Waals surface area contributed by atoms with Crippen LogP contribution in [0.5, 0.6) is 0 Å². The van der Waals surface area contributed by atoms with Crippen molar-refractivity contribution in [2.75, 3.05) is 13.2 Å². The first-order chi connectivity index (χ1) is 15.5. The van der Waals surface area contributed by atoms with Gasteiger partial charge in [-0.05, 0) is 64.5 Å². The largest absolute Gasteiger partial charge is 0.444 e. The van der Waals surface area contributed by atoms with Gasteiger partial charge in [-0.15, -0.1) is 0 Å². The van der Waals surface area contributed by atoms with E-state index >= 15 is 0 Å². The Bertz CT molecular complexity index is 915. The van der Waals surface area contributed by atoms with Gasteiger partial charge in [0.15, 0.2) is 0 Å². The lowest BCUT2D eigenvalue weighted by atomic mass is 9.90. The van der Waals surface area contributed by atoms with E-state index in [4.69, 9.17) is 19.6 Å². The Labute approximate surface area is 198 Å².